The Morgan fingerprint density at radius 1 is 0.833 bits per heavy atom. The standard InChI is InChI=1S/C42H57N4O7P/c1-9-14-30(23-34-17-13-16-33-15-11-12-18-35(33)34)26-45-40(50)36(25-37(43)47)46-39(49)27-44-38(48)24-31(10-2)32-21-19-29(20-22-32)28-54(51,52-41(3,4)5)53-42(6,7)8/h9-13,15-22,30-31,36H,1-2,14,23-28H2,3-8H3,(H2,43,47)(H,44,48)(H,45,50)(H,46,49)/t30-,31-,36-/m0/s1. The highest BCUT2D eigenvalue weighted by molar-refractivity contribution is 7.53. The van der Waals surface area contributed by atoms with Crippen LogP contribution in [0, 0.1) is 5.92 Å². The van der Waals surface area contributed by atoms with Crippen LogP contribution < -0.4 is 21.7 Å². The lowest BCUT2D eigenvalue weighted by molar-refractivity contribution is -0.131. The van der Waals surface area contributed by atoms with E-state index in [1.54, 1.807) is 12.2 Å². The Kier molecular flexibility index (Phi) is 16.0. The van der Waals surface area contributed by atoms with E-state index in [-0.39, 0.29) is 31.0 Å². The van der Waals surface area contributed by atoms with E-state index in [0.717, 1.165) is 27.5 Å². The molecule has 3 aromatic carbocycles. The number of nitrogens with one attached hydrogen (secondary N) is 3. The summed E-state index contributed by atoms with van der Waals surface area (Å²) < 4.78 is 25.5. The number of allylic oxidation sites excluding steroid dienone is 2. The molecular formula is C42H57N4O7P. The first-order valence-corrected chi connectivity index (χ1v) is 19.9. The summed E-state index contributed by atoms with van der Waals surface area (Å²) in [5.41, 5.74) is 6.74. The minimum atomic E-state index is -3.50. The van der Waals surface area contributed by atoms with Crippen molar-refractivity contribution in [2.45, 2.75) is 96.5 Å². The van der Waals surface area contributed by atoms with Crippen molar-refractivity contribution in [3.63, 3.8) is 0 Å². The number of hydrogen-bond donors (Lipinski definition) is 4. The van der Waals surface area contributed by atoms with Gasteiger partial charge in [-0.1, -0.05) is 78.9 Å². The van der Waals surface area contributed by atoms with Gasteiger partial charge in [0.15, 0.2) is 0 Å². The van der Waals surface area contributed by atoms with Gasteiger partial charge in [0.05, 0.1) is 30.3 Å². The molecule has 292 valence electrons. The van der Waals surface area contributed by atoms with Crippen LogP contribution in [-0.4, -0.2) is 54.0 Å². The molecule has 0 spiro atoms. The molecule has 11 nitrogen and oxygen atoms in total. The summed E-state index contributed by atoms with van der Waals surface area (Å²) in [6.07, 6.45) is 4.43. The summed E-state index contributed by atoms with van der Waals surface area (Å²) in [6, 6.07) is 20.3. The number of primary amides is 1. The van der Waals surface area contributed by atoms with E-state index in [9.17, 15) is 23.7 Å². The van der Waals surface area contributed by atoms with Crippen LogP contribution in [0.15, 0.2) is 92.0 Å². The average Bonchev–Trinajstić information content (AvgIpc) is 3.07. The first-order valence-electron chi connectivity index (χ1n) is 18.2. The summed E-state index contributed by atoms with van der Waals surface area (Å²) in [6.45, 7) is 18.6. The lowest BCUT2D eigenvalue weighted by Gasteiger charge is -2.32. The molecule has 0 aliphatic rings. The first kappa shape index (κ1) is 43.8. The molecule has 0 unspecified atom stereocenters. The Labute approximate surface area is 320 Å². The molecular weight excluding hydrogens is 703 g/mol. The zero-order valence-corrected chi connectivity index (χ0v) is 33.4. The summed E-state index contributed by atoms with van der Waals surface area (Å²) in [4.78, 5) is 50.8. The van der Waals surface area contributed by atoms with Crippen molar-refractivity contribution in [3.8, 4) is 0 Å². The maximum atomic E-state index is 13.7. The molecule has 0 aliphatic carbocycles. The van der Waals surface area contributed by atoms with E-state index in [0.29, 0.717) is 12.8 Å². The highest BCUT2D eigenvalue weighted by Crippen LogP contribution is 2.57. The average molecular weight is 761 g/mol. The molecule has 0 heterocycles. The number of carbonyl (C=O) groups excluding carboxylic acids is 4. The Hall–Kier alpha value is -4.57. The van der Waals surface area contributed by atoms with Crippen LogP contribution in [0.3, 0.4) is 0 Å². The summed E-state index contributed by atoms with van der Waals surface area (Å²) in [5, 5.41) is 10.2. The van der Waals surface area contributed by atoms with Crippen LogP contribution in [0.4, 0.5) is 0 Å². The first-order chi connectivity index (χ1) is 25.3. The Morgan fingerprint density at radius 2 is 1.46 bits per heavy atom. The smallest absolute Gasteiger partial charge is 0.336 e. The van der Waals surface area contributed by atoms with Crippen molar-refractivity contribution in [2.75, 3.05) is 13.1 Å². The second-order valence-electron chi connectivity index (χ2n) is 15.5. The number of carbonyl (C=O) groups is 4. The van der Waals surface area contributed by atoms with Gasteiger partial charge in [0.25, 0.3) is 0 Å². The highest BCUT2D eigenvalue weighted by atomic mass is 31.2. The third-order valence-corrected chi connectivity index (χ3v) is 10.7. The summed E-state index contributed by atoms with van der Waals surface area (Å²) in [7, 11) is -3.50. The van der Waals surface area contributed by atoms with Gasteiger partial charge < -0.3 is 30.7 Å². The quantitative estimate of drug-likeness (QED) is 0.0722. The maximum absolute atomic E-state index is 13.7. The monoisotopic (exact) mass is 760 g/mol. The van der Waals surface area contributed by atoms with E-state index < -0.39 is 61.4 Å². The fourth-order valence-corrected chi connectivity index (χ4v) is 8.57. The van der Waals surface area contributed by atoms with Crippen molar-refractivity contribution < 1.29 is 32.8 Å². The molecule has 0 fully saturated rings. The van der Waals surface area contributed by atoms with Crippen molar-refractivity contribution in [1.82, 2.24) is 16.0 Å². The van der Waals surface area contributed by atoms with Crippen LogP contribution in [0.25, 0.3) is 10.8 Å². The van der Waals surface area contributed by atoms with Crippen LogP contribution >= 0.6 is 7.60 Å². The number of hydrogen-bond acceptors (Lipinski definition) is 7. The van der Waals surface area contributed by atoms with Gasteiger partial charge in [-0.05, 0) is 87.8 Å². The fourth-order valence-electron chi connectivity index (χ4n) is 6.08. The van der Waals surface area contributed by atoms with Gasteiger partial charge in [-0.3, -0.25) is 23.7 Å². The molecule has 54 heavy (non-hydrogen) atoms. The van der Waals surface area contributed by atoms with Crippen LogP contribution in [0.2, 0.25) is 0 Å². The summed E-state index contributed by atoms with van der Waals surface area (Å²) in [5.74, 6) is -2.75. The van der Waals surface area contributed by atoms with Crippen LogP contribution in [-0.2, 0) is 45.4 Å². The van der Waals surface area contributed by atoms with Gasteiger partial charge in [0.1, 0.15) is 6.04 Å². The normalized spacial score (nSPS) is 13.7. The molecule has 0 radical (unpaired) electrons. The SMILES string of the molecule is C=CC[C@H](CNC(=O)[C@H](CC(N)=O)NC(=O)CNC(=O)C[C@H](C=C)c1ccc(CP(=O)(OC(C)(C)C)OC(C)(C)C)cc1)Cc1cccc2ccccc12. The van der Waals surface area contributed by atoms with Gasteiger partial charge in [-0.15, -0.1) is 13.2 Å². The number of nitrogens with two attached hydrogens (primary N) is 1. The van der Waals surface area contributed by atoms with Gasteiger partial charge in [0, 0.05) is 18.9 Å². The summed E-state index contributed by atoms with van der Waals surface area (Å²) >= 11 is 0. The van der Waals surface area contributed by atoms with Crippen molar-refractivity contribution >= 4 is 42.0 Å². The van der Waals surface area contributed by atoms with Crippen molar-refractivity contribution in [1.29, 1.82) is 0 Å². The number of benzene rings is 3. The van der Waals surface area contributed by atoms with E-state index in [1.807, 2.05) is 84.0 Å². The third kappa shape index (κ3) is 15.0. The van der Waals surface area contributed by atoms with Crippen molar-refractivity contribution in [2.24, 2.45) is 11.7 Å². The molecule has 5 N–H and O–H groups in total. The third-order valence-electron chi connectivity index (χ3n) is 8.26. The van der Waals surface area contributed by atoms with Gasteiger partial charge in [-0.2, -0.15) is 0 Å². The lowest BCUT2D eigenvalue weighted by atomic mass is 9.92. The van der Waals surface area contributed by atoms with Crippen LogP contribution in [0.5, 0.6) is 0 Å². The molecule has 12 heteroatoms. The zero-order valence-electron chi connectivity index (χ0n) is 32.5. The van der Waals surface area contributed by atoms with E-state index in [2.05, 4.69) is 53.4 Å². The maximum Gasteiger partial charge on any atom is 0.336 e. The van der Waals surface area contributed by atoms with E-state index in [4.69, 9.17) is 14.8 Å². The fraction of sp³-hybridized carbons (Fsp3) is 0.429. The van der Waals surface area contributed by atoms with E-state index >= 15 is 0 Å². The second-order valence-corrected chi connectivity index (χ2v) is 17.4. The predicted molar refractivity (Wildman–Crippen MR) is 215 cm³/mol. The Bertz CT molecular complexity index is 1800. The molecule has 3 rings (SSSR count). The van der Waals surface area contributed by atoms with Gasteiger partial charge in [0.2, 0.25) is 23.6 Å². The number of amides is 4. The number of rotatable bonds is 20. The highest BCUT2D eigenvalue weighted by Gasteiger charge is 2.35. The minimum absolute atomic E-state index is 0.00147. The molecule has 0 saturated heterocycles. The lowest BCUT2D eigenvalue weighted by Crippen LogP contribution is -2.51. The molecule has 0 aliphatic heterocycles. The van der Waals surface area contributed by atoms with Gasteiger partial charge >= 0.3 is 7.60 Å². The molecule has 3 aromatic rings. The molecule has 0 saturated carbocycles. The Morgan fingerprint density at radius 3 is 2.06 bits per heavy atom. The molecule has 0 aromatic heterocycles. The second kappa shape index (κ2) is 19.7. The molecule has 3 atom stereocenters. The van der Waals surface area contributed by atoms with Crippen LogP contribution in [0.1, 0.15) is 83.4 Å². The largest absolute Gasteiger partial charge is 0.370 e. The number of fused-ring (bicyclic) bond motifs is 1. The minimum Gasteiger partial charge on any atom is -0.370 e. The Balaban J connectivity index is 1.56. The molecule has 0 bridgehead atoms. The molecule has 4 amide bonds. The van der Waals surface area contributed by atoms with Crippen molar-refractivity contribution in [3.05, 3.63) is 109 Å². The van der Waals surface area contributed by atoms with E-state index in [1.165, 1.54) is 0 Å². The van der Waals surface area contributed by atoms with Gasteiger partial charge in [-0.25, -0.2) is 0 Å². The predicted octanol–water partition coefficient (Wildman–Crippen LogP) is 6.85. The zero-order chi connectivity index (χ0) is 40.1. The topological polar surface area (TPSA) is 166 Å².